The van der Waals surface area contributed by atoms with Crippen molar-refractivity contribution in [2.75, 3.05) is 10.5 Å². The summed E-state index contributed by atoms with van der Waals surface area (Å²) in [6.07, 6.45) is 1.17. The van der Waals surface area contributed by atoms with E-state index < -0.39 is 38.2 Å². The van der Waals surface area contributed by atoms with Crippen LogP contribution in [-0.4, -0.2) is 13.4 Å². The van der Waals surface area contributed by atoms with Crippen molar-refractivity contribution in [3.05, 3.63) is 47.9 Å². The molecule has 5 nitrogen and oxygen atoms in total. The van der Waals surface area contributed by atoms with E-state index in [2.05, 4.69) is 4.98 Å². The molecule has 0 unspecified atom stereocenters. The second-order valence-corrected chi connectivity index (χ2v) is 5.32. The van der Waals surface area contributed by atoms with Gasteiger partial charge in [0, 0.05) is 6.20 Å². The van der Waals surface area contributed by atoms with E-state index >= 15 is 0 Å². The highest BCUT2D eigenvalue weighted by molar-refractivity contribution is 7.92. The van der Waals surface area contributed by atoms with Crippen LogP contribution in [0.3, 0.4) is 0 Å². The highest BCUT2D eigenvalue weighted by atomic mass is 32.2. The van der Waals surface area contributed by atoms with E-state index in [0.29, 0.717) is 6.07 Å². The number of hydrogen-bond acceptors (Lipinski definition) is 4. The van der Waals surface area contributed by atoms with Crippen LogP contribution in [0.4, 0.5) is 24.5 Å². The Hall–Kier alpha value is -2.29. The number of rotatable bonds is 3. The minimum absolute atomic E-state index is 0.164. The Morgan fingerprint density at radius 1 is 1.10 bits per heavy atom. The summed E-state index contributed by atoms with van der Waals surface area (Å²) in [5.74, 6) is -4.86. The molecule has 0 amide bonds. The molecule has 0 bridgehead atoms. The monoisotopic (exact) mass is 303 g/mol. The van der Waals surface area contributed by atoms with Crippen LogP contribution in [-0.2, 0) is 10.0 Å². The average Bonchev–Trinajstić information content (AvgIpc) is 2.40. The minimum Gasteiger partial charge on any atom is -0.396 e. The number of benzene rings is 1. The van der Waals surface area contributed by atoms with Crippen molar-refractivity contribution in [2.24, 2.45) is 0 Å². The van der Waals surface area contributed by atoms with Crippen molar-refractivity contribution in [3.63, 3.8) is 0 Å². The zero-order valence-corrected chi connectivity index (χ0v) is 10.6. The first-order valence-electron chi connectivity index (χ1n) is 5.20. The molecule has 0 aliphatic carbocycles. The standard InChI is InChI=1S/C11H8F3N3O2S/c12-6-3-4-8(10(14)9(6)13)17-20(18,19)11-7(15)2-1-5-16-11/h1-5,17H,15H2. The smallest absolute Gasteiger partial charge is 0.281 e. The molecule has 106 valence electrons. The molecule has 0 aliphatic rings. The van der Waals surface area contributed by atoms with Gasteiger partial charge in [0.1, 0.15) is 0 Å². The molecule has 0 saturated heterocycles. The normalized spacial score (nSPS) is 11.3. The Morgan fingerprint density at radius 3 is 2.45 bits per heavy atom. The lowest BCUT2D eigenvalue weighted by molar-refractivity contribution is 0.449. The van der Waals surface area contributed by atoms with Crippen molar-refractivity contribution >= 4 is 21.4 Å². The van der Waals surface area contributed by atoms with Gasteiger partial charge in [0.2, 0.25) is 0 Å². The molecule has 3 N–H and O–H groups in total. The number of anilines is 2. The van der Waals surface area contributed by atoms with E-state index in [1.807, 2.05) is 0 Å². The van der Waals surface area contributed by atoms with Crippen LogP contribution in [0.25, 0.3) is 0 Å². The molecule has 0 spiro atoms. The van der Waals surface area contributed by atoms with Crippen LogP contribution >= 0.6 is 0 Å². The zero-order valence-electron chi connectivity index (χ0n) is 9.77. The maximum atomic E-state index is 13.4. The highest BCUT2D eigenvalue weighted by Gasteiger charge is 2.22. The lowest BCUT2D eigenvalue weighted by Gasteiger charge is -2.10. The zero-order chi connectivity index (χ0) is 14.9. The van der Waals surface area contributed by atoms with E-state index in [4.69, 9.17) is 5.73 Å². The van der Waals surface area contributed by atoms with Gasteiger partial charge >= 0.3 is 0 Å². The lowest BCUT2D eigenvalue weighted by atomic mass is 10.3. The van der Waals surface area contributed by atoms with Gasteiger partial charge < -0.3 is 5.73 Å². The second-order valence-electron chi connectivity index (χ2n) is 3.73. The van der Waals surface area contributed by atoms with Gasteiger partial charge in [-0.05, 0) is 24.3 Å². The Labute approximate surface area is 112 Å². The second kappa shape index (κ2) is 5.00. The predicted octanol–water partition coefficient (Wildman–Crippen LogP) is 1.88. The fourth-order valence-corrected chi connectivity index (χ4v) is 2.55. The summed E-state index contributed by atoms with van der Waals surface area (Å²) in [5, 5.41) is -0.538. The fourth-order valence-electron chi connectivity index (χ4n) is 1.43. The third-order valence-corrected chi connectivity index (χ3v) is 3.67. The van der Waals surface area contributed by atoms with Gasteiger partial charge in [-0.15, -0.1) is 0 Å². The Balaban J connectivity index is 2.45. The molecule has 1 aromatic heterocycles. The number of nitrogen functional groups attached to an aromatic ring is 1. The number of sulfonamides is 1. The van der Waals surface area contributed by atoms with E-state index in [1.165, 1.54) is 18.3 Å². The topological polar surface area (TPSA) is 85.1 Å². The third kappa shape index (κ3) is 2.52. The molecule has 0 atom stereocenters. The van der Waals surface area contributed by atoms with Crippen LogP contribution in [0.5, 0.6) is 0 Å². The quantitative estimate of drug-likeness (QED) is 0.848. The molecule has 2 rings (SSSR count). The molecule has 0 aliphatic heterocycles. The summed E-state index contributed by atoms with van der Waals surface area (Å²) in [7, 11) is -4.31. The Kier molecular flexibility index (Phi) is 3.53. The fraction of sp³-hybridized carbons (Fsp3) is 0. The molecule has 1 aromatic carbocycles. The summed E-state index contributed by atoms with van der Waals surface area (Å²) in [6.45, 7) is 0. The van der Waals surface area contributed by atoms with E-state index in [1.54, 1.807) is 4.72 Å². The van der Waals surface area contributed by atoms with Gasteiger partial charge in [0.25, 0.3) is 10.0 Å². The molecule has 20 heavy (non-hydrogen) atoms. The number of hydrogen-bond donors (Lipinski definition) is 2. The average molecular weight is 303 g/mol. The van der Waals surface area contributed by atoms with Crippen molar-refractivity contribution < 1.29 is 21.6 Å². The number of nitrogens with one attached hydrogen (secondary N) is 1. The number of pyridine rings is 1. The summed E-state index contributed by atoms with van der Waals surface area (Å²) in [5.41, 5.74) is 4.54. The van der Waals surface area contributed by atoms with Crippen LogP contribution in [0, 0.1) is 17.5 Å². The van der Waals surface area contributed by atoms with Crippen molar-refractivity contribution in [1.82, 2.24) is 4.98 Å². The van der Waals surface area contributed by atoms with E-state index in [0.717, 1.165) is 6.07 Å². The van der Waals surface area contributed by atoms with Crippen LogP contribution in [0.2, 0.25) is 0 Å². The first-order valence-corrected chi connectivity index (χ1v) is 6.68. The van der Waals surface area contributed by atoms with E-state index in [9.17, 15) is 21.6 Å². The number of nitrogens with two attached hydrogens (primary N) is 1. The molecular formula is C11H8F3N3O2S. The predicted molar refractivity (Wildman–Crippen MR) is 65.8 cm³/mol. The summed E-state index contributed by atoms with van der Waals surface area (Å²) < 4.78 is 64.8. The lowest BCUT2D eigenvalue weighted by Crippen LogP contribution is -2.17. The summed E-state index contributed by atoms with van der Waals surface area (Å²) in [4.78, 5) is 3.55. The maximum Gasteiger partial charge on any atom is 0.281 e. The minimum atomic E-state index is -4.31. The van der Waals surface area contributed by atoms with Crippen molar-refractivity contribution in [3.8, 4) is 0 Å². The van der Waals surface area contributed by atoms with Gasteiger partial charge in [0.05, 0.1) is 11.4 Å². The SMILES string of the molecule is Nc1cccnc1S(=O)(=O)Nc1ccc(F)c(F)c1F. The summed E-state index contributed by atoms with van der Waals surface area (Å²) >= 11 is 0. The van der Waals surface area contributed by atoms with Gasteiger partial charge in [-0.1, -0.05) is 0 Å². The van der Waals surface area contributed by atoms with Gasteiger partial charge in [0.15, 0.2) is 22.5 Å². The van der Waals surface area contributed by atoms with Crippen LogP contribution in [0.15, 0.2) is 35.5 Å². The van der Waals surface area contributed by atoms with Gasteiger partial charge in [-0.3, -0.25) is 4.72 Å². The first kappa shape index (κ1) is 14.1. The molecule has 0 radical (unpaired) electrons. The van der Waals surface area contributed by atoms with Crippen LogP contribution < -0.4 is 10.5 Å². The largest absolute Gasteiger partial charge is 0.396 e. The molecule has 9 heteroatoms. The number of halogens is 3. The maximum absolute atomic E-state index is 13.4. The van der Waals surface area contributed by atoms with Crippen molar-refractivity contribution in [2.45, 2.75) is 5.03 Å². The highest BCUT2D eigenvalue weighted by Crippen LogP contribution is 2.23. The Morgan fingerprint density at radius 2 is 1.80 bits per heavy atom. The molecular weight excluding hydrogens is 295 g/mol. The van der Waals surface area contributed by atoms with Gasteiger partial charge in [-0.25, -0.2) is 18.2 Å². The molecule has 0 saturated carbocycles. The third-order valence-electron chi connectivity index (χ3n) is 2.33. The first-order chi connectivity index (χ1) is 9.33. The number of aromatic nitrogens is 1. The van der Waals surface area contributed by atoms with Crippen molar-refractivity contribution in [1.29, 1.82) is 0 Å². The van der Waals surface area contributed by atoms with Gasteiger partial charge in [-0.2, -0.15) is 8.42 Å². The number of nitrogens with zero attached hydrogens (tertiary/aromatic N) is 1. The summed E-state index contributed by atoms with van der Waals surface area (Å²) in [6, 6.07) is 4.04. The molecule has 0 fully saturated rings. The molecule has 2 aromatic rings. The molecule has 1 heterocycles. The Bertz CT molecular complexity index is 766. The van der Waals surface area contributed by atoms with Crippen LogP contribution in [0.1, 0.15) is 0 Å². The van der Waals surface area contributed by atoms with E-state index in [-0.39, 0.29) is 5.69 Å².